The Morgan fingerprint density at radius 3 is 2.71 bits per heavy atom. The number of piperidine rings is 1. The molecule has 3 heterocycles. The van der Waals surface area contributed by atoms with Crippen molar-refractivity contribution in [3.05, 3.63) is 47.4 Å². The second-order valence-corrected chi connectivity index (χ2v) is 9.68. The molecule has 1 fully saturated rings. The van der Waals surface area contributed by atoms with E-state index in [-0.39, 0.29) is 39.4 Å². The summed E-state index contributed by atoms with van der Waals surface area (Å²) in [6.07, 6.45) is 5.02. The zero-order chi connectivity index (χ0) is 22.3. The molecule has 0 aliphatic carbocycles. The van der Waals surface area contributed by atoms with E-state index in [0.717, 1.165) is 6.07 Å². The van der Waals surface area contributed by atoms with Gasteiger partial charge in [-0.1, -0.05) is 12.2 Å². The minimum Gasteiger partial charge on any atom is -0.464 e. The van der Waals surface area contributed by atoms with E-state index in [1.807, 2.05) is 0 Å². The normalized spacial score (nSPS) is 16.0. The van der Waals surface area contributed by atoms with Gasteiger partial charge < -0.3 is 15.5 Å². The van der Waals surface area contributed by atoms with E-state index in [1.54, 1.807) is 0 Å². The van der Waals surface area contributed by atoms with Crippen LogP contribution in [-0.2, 0) is 10.0 Å². The average Bonchev–Trinajstić information content (AvgIpc) is 3.16. The summed E-state index contributed by atoms with van der Waals surface area (Å²) in [5.41, 5.74) is 6.12. The predicted octanol–water partition coefficient (Wildman–Crippen LogP) is 2.69. The molecule has 164 valence electrons. The molecule has 0 radical (unpaired) electrons. The van der Waals surface area contributed by atoms with Crippen LogP contribution in [0.5, 0.6) is 0 Å². The zero-order valence-corrected chi connectivity index (χ0v) is 18.1. The lowest BCUT2D eigenvalue weighted by Gasteiger charge is -2.30. The molecular weight excluding hydrogens is 448 g/mol. The van der Waals surface area contributed by atoms with Crippen LogP contribution in [0.15, 0.2) is 29.0 Å². The molecule has 0 spiro atoms. The van der Waals surface area contributed by atoms with Gasteiger partial charge in [0.05, 0.1) is 28.5 Å². The number of anilines is 2. The largest absolute Gasteiger partial charge is 0.464 e. The summed E-state index contributed by atoms with van der Waals surface area (Å²) < 4.78 is 58.5. The molecule has 0 saturated carbocycles. The third kappa shape index (κ3) is 4.23. The fraction of sp³-hybridized carbons (Fsp3) is 0.316. The van der Waals surface area contributed by atoms with Gasteiger partial charge in [0.15, 0.2) is 11.6 Å². The van der Waals surface area contributed by atoms with Crippen molar-refractivity contribution < 1.29 is 21.6 Å². The SMILES string of the molecule is CS(=O)(=O)N1CCC(Nc2ncc(C(=S)c3c(F)c(F)cc4ccoc34)c(N)n2)CC1. The van der Waals surface area contributed by atoms with Crippen molar-refractivity contribution in [2.75, 3.05) is 30.4 Å². The van der Waals surface area contributed by atoms with Gasteiger partial charge in [0, 0.05) is 30.7 Å². The van der Waals surface area contributed by atoms with Crippen LogP contribution in [0.4, 0.5) is 20.5 Å². The first-order valence-corrected chi connectivity index (χ1v) is 11.6. The lowest BCUT2D eigenvalue weighted by atomic mass is 10.0. The van der Waals surface area contributed by atoms with Gasteiger partial charge in [-0.15, -0.1) is 0 Å². The van der Waals surface area contributed by atoms with E-state index in [1.165, 1.54) is 29.1 Å². The maximum Gasteiger partial charge on any atom is 0.224 e. The molecule has 4 rings (SSSR count). The molecule has 12 heteroatoms. The highest BCUT2D eigenvalue weighted by atomic mass is 32.2. The summed E-state index contributed by atoms with van der Waals surface area (Å²) >= 11 is 5.36. The molecule has 3 aromatic rings. The molecule has 1 saturated heterocycles. The number of rotatable bonds is 5. The van der Waals surface area contributed by atoms with E-state index in [9.17, 15) is 17.2 Å². The summed E-state index contributed by atoms with van der Waals surface area (Å²) in [4.78, 5) is 8.32. The summed E-state index contributed by atoms with van der Waals surface area (Å²) in [6.45, 7) is 0.790. The van der Waals surface area contributed by atoms with Crippen LogP contribution >= 0.6 is 12.2 Å². The first-order chi connectivity index (χ1) is 14.6. The Morgan fingerprint density at radius 1 is 1.35 bits per heavy atom. The van der Waals surface area contributed by atoms with Crippen LogP contribution in [0.3, 0.4) is 0 Å². The van der Waals surface area contributed by atoms with Gasteiger partial charge >= 0.3 is 0 Å². The molecule has 3 N–H and O–H groups in total. The van der Waals surface area contributed by atoms with Crippen molar-refractivity contribution >= 4 is 49.8 Å². The molecule has 1 aliphatic rings. The summed E-state index contributed by atoms with van der Waals surface area (Å²) in [6, 6.07) is 2.51. The number of hydrogen-bond donors (Lipinski definition) is 2. The standard InChI is InChI=1S/C19H19F2N5O3S2/c1-31(27,28)26-5-2-11(3-6-26)24-19-23-9-12(18(22)25-19)17(30)14-15(21)13(20)8-10-4-7-29-16(10)14/h4,7-9,11H,2-3,5-6H2,1H3,(H3,22,23,24,25). The summed E-state index contributed by atoms with van der Waals surface area (Å²) in [7, 11) is -3.21. The lowest BCUT2D eigenvalue weighted by molar-refractivity contribution is 0.331. The molecule has 31 heavy (non-hydrogen) atoms. The van der Waals surface area contributed by atoms with Gasteiger partial charge in [0.2, 0.25) is 16.0 Å². The van der Waals surface area contributed by atoms with Crippen molar-refractivity contribution in [1.29, 1.82) is 0 Å². The number of furan rings is 1. The molecule has 2 aromatic heterocycles. The molecule has 1 aromatic carbocycles. The predicted molar refractivity (Wildman–Crippen MR) is 116 cm³/mol. The summed E-state index contributed by atoms with van der Waals surface area (Å²) in [5.74, 6) is -1.94. The zero-order valence-electron chi connectivity index (χ0n) is 16.4. The smallest absolute Gasteiger partial charge is 0.224 e. The monoisotopic (exact) mass is 467 g/mol. The molecule has 0 bridgehead atoms. The minimum atomic E-state index is -3.21. The Hall–Kier alpha value is -2.70. The Kier molecular flexibility index (Phi) is 5.62. The van der Waals surface area contributed by atoms with Crippen LogP contribution in [0.1, 0.15) is 24.0 Å². The third-order valence-corrected chi connectivity index (χ3v) is 6.91. The van der Waals surface area contributed by atoms with Gasteiger partial charge in [-0.2, -0.15) is 4.98 Å². The van der Waals surface area contributed by atoms with Crippen LogP contribution < -0.4 is 11.1 Å². The highest BCUT2D eigenvalue weighted by molar-refractivity contribution is 7.88. The van der Waals surface area contributed by atoms with E-state index >= 15 is 0 Å². The third-order valence-electron chi connectivity index (χ3n) is 5.18. The van der Waals surface area contributed by atoms with E-state index < -0.39 is 21.7 Å². The van der Waals surface area contributed by atoms with Gasteiger partial charge in [-0.25, -0.2) is 26.5 Å². The van der Waals surface area contributed by atoms with Gasteiger partial charge in [0.25, 0.3) is 0 Å². The number of thiocarbonyl (C=S) groups is 1. The number of fused-ring (bicyclic) bond motifs is 1. The second kappa shape index (κ2) is 8.09. The van der Waals surface area contributed by atoms with Crippen LogP contribution in [0.2, 0.25) is 0 Å². The highest BCUT2D eigenvalue weighted by Crippen LogP contribution is 2.29. The maximum absolute atomic E-state index is 14.5. The van der Waals surface area contributed by atoms with Crippen LogP contribution in [0.25, 0.3) is 11.0 Å². The van der Waals surface area contributed by atoms with Crippen LogP contribution in [0, 0.1) is 11.6 Å². The first-order valence-electron chi connectivity index (χ1n) is 9.39. The number of hydrogen-bond acceptors (Lipinski definition) is 8. The molecule has 0 amide bonds. The maximum atomic E-state index is 14.5. The number of nitrogens with two attached hydrogens (primary N) is 1. The number of sulfonamides is 1. The van der Waals surface area contributed by atoms with Crippen molar-refractivity contribution in [2.45, 2.75) is 18.9 Å². The average molecular weight is 468 g/mol. The van der Waals surface area contributed by atoms with Gasteiger partial charge in [0.1, 0.15) is 11.4 Å². The molecule has 0 unspecified atom stereocenters. The van der Waals surface area contributed by atoms with Crippen molar-refractivity contribution in [3.63, 3.8) is 0 Å². The van der Waals surface area contributed by atoms with Gasteiger partial charge in [-0.3, -0.25) is 0 Å². The molecule has 1 aliphatic heterocycles. The lowest BCUT2D eigenvalue weighted by Crippen LogP contribution is -2.42. The Labute approximate surface area is 182 Å². The van der Waals surface area contributed by atoms with E-state index in [0.29, 0.717) is 31.3 Å². The second-order valence-electron chi connectivity index (χ2n) is 7.29. The van der Waals surface area contributed by atoms with Crippen molar-refractivity contribution in [2.24, 2.45) is 0 Å². The topological polar surface area (TPSA) is 114 Å². The number of nitrogen functional groups attached to an aromatic ring is 1. The van der Waals surface area contributed by atoms with Gasteiger partial charge in [-0.05, 0) is 25.0 Å². The minimum absolute atomic E-state index is 0.000519. The Balaban J connectivity index is 1.54. The number of aromatic nitrogens is 2. The molecule has 8 nitrogen and oxygen atoms in total. The fourth-order valence-corrected chi connectivity index (χ4v) is 4.76. The summed E-state index contributed by atoms with van der Waals surface area (Å²) in [5, 5.41) is 3.50. The van der Waals surface area contributed by atoms with Crippen molar-refractivity contribution in [1.82, 2.24) is 14.3 Å². The quantitative estimate of drug-likeness (QED) is 0.435. The number of nitrogens with zero attached hydrogens (tertiary/aromatic N) is 3. The number of benzene rings is 1. The number of nitrogens with one attached hydrogen (secondary N) is 1. The molecule has 0 atom stereocenters. The highest BCUT2D eigenvalue weighted by Gasteiger charge is 2.26. The van der Waals surface area contributed by atoms with Crippen LogP contribution in [-0.4, -0.2) is 52.9 Å². The van der Waals surface area contributed by atoms with E-state index in [2.05, 4.69) is 15.3 Å². The molecular formula is C19H19F2N5O3S2. The number of halogens is 2. The Morgan fingerprint density at radius 2 is 2.06 bits per heavy atom. The van der Waals surface area contributed by atoms with Crippen molar-refractivity contribution in [3.8, 4) is 0 Å². The first kappa shape index (κ1) is 21.5. The van der Waals surface area contributed by atoms with E-state index in [4.69, 9.17) is 22.4 Å². The fourth-order valence-electron chi connectivity index (χ4n) is 3.55. The Bertz CT molecular complexity index is 1270.